The predicted octanol–water partition coefficient (Wildman–Crippen LogP) is 9.94. The molecule has 0 atom stereocenters. The van der Waals surface area contributed by atoms with Gasteiger partial charge in [-0.25, -0.2) is 5.92 Å². The Kier molecular flexibility index (Phi) is 26.4. The van der Waals surface area contributed by atoms with Crippen LogP contribution >= 0.6 is 0 Å². The van der Waals surface area contributed by atoms with Crippen LogP contribution in [0.25, 0.3) is 74.0 Å². The molecule has 83 heavy (non-hydrogen) atoms. The maximum atomic E-state index is 7.26. The molecule has 2 radical (unpaired) electrons. The van der Waals surface area contributed by atoms with Crippen molar-refractivity contribution in [3.63, 3.8) is 0 Å². The summed E-state index contributed by atoms with van der Waals surface area (Å²) in [5.41, 5.74) is 6.97. The zero-order chi connectivity index (χ0) is 57.0. The van der Waals surface area contributed by atoms with Gasteiger partial charge in [0.1, 0.15) is 0 Å². The van der Waals surface area contributed by atoms with Gasteiger partial charge in [-0.3, -0.25) is 30.3 Å². The summed E-state index contributed by atoms with van der Waals surface area (Å²) in [4.78, 5) is 22.8. The van der Waals surface area contributed by atoms with Crippen LogP contribution in [-0.4, -0.2) is 18.8 Å². The van der Waals surface area contributed by atoms with E-state index in [0.29, 0.717) is 22.7 Å². The number of aromatic nitrogens is 4. The number of benzene rings is 2. The van der Waals surface area contributed by atoms with Crippen molar-refractivity contribution < 1.29 is 40.2 Å². The van der Waals surface area contributed by atoms with Crippen molar-refractivity contribution >= 4 is 77.4 Å². The Labute approximate surface area is 508 Å². The van der Waals surface area contributed by atoms with Crippen LogP contribution in [0.3, 0.4) is 0 Å². The SMILES string of the molecule is [C-]#CC#CC#CC#CC#CC#CC#CC#CC#CC#CC#CC#CC#CC#CC#CC#CC#CC#CC#CC.[C-]#[N+]c1cc2c3cccnc3c3[c-]ccn3c2cc1[N+]#[C-].[C-]#[N+]c1cc2c3cccnc3c3cccn3c2cc1[N+]#[C-].[Ir].[Ir]. The van der Waals surface area contributed by atoms with E-state index in [1.54, 1.807) is 43.6 Å². The molecule has 0 aliphatic carbocycles. The third kappa shape index (κ3) is 18.2. The van der Waals surface area contributed by atoms with Crippen LogP contribution < -0.4 is 0 Å². The van der Waals surface area contributed by atoms with Gasteiger partial charge in [-0.2, -0.15) is 12.1 Å². The van der Waals surface area contributed by atoms with Gasteiger partial charge >= 0.3 is 0 Å². The van der Waals surface area contributed by atoms with Gasteiger partial charge in [-0.05, 0) is 160 Å². The Morgan fingerprint density at radius 1 is 0.373 bits per heavy atom. The molecule has 0 aliphatic heterocycles. The molecule has 0 aliphatic rings. The predicted molar refractivity (Wildman–Crippen MR) is 317 cm³/mol. The van der Waals surface area contributed by atoms with E-state index in [-0.39, 0.29) is 40.2 Å². The van der Waals surface area contributed by atoms with Gasteiger partial charge in [0.05, 0.1) is 37.3 Å². The van der Waals surface area contributed by atoms with Crippen molar-refractivity contribution in [1.82, 2.24) is 18.8 Å². The normalized spacial score (nSPS) is 7.28. The summed E-state index contributed by atoms with van der Waals surface area (Å²) in [5.74, 6) is 91.3. The number of hydrogen-bond donors (Lipinski definition) is 0. The Bertz CT molecular complexity index is 5330. The smallest absolute Gasteiger partial charge is 0.196 e. The molecule has 8 nitrogen and oxygen atoms in total. The molecule has 0 spiro atoms. The molecule has 6 heterocycles. The van der Waals surface area contributed by atoms with Crippen LogP contribution in [0.4, 0.5) is 22.7 Å². The monoisotopic (exact) mass is 1390 g/mol. The first-order valence-electron chi connectivity index (χ1n) is 22.5. The first-order chi connectivity index (χ1) is 40.1. The van der Waals surface area contributed by atoms with Crippen LogP contribution in [0.15, 0.2) is 91.5 Å². The molecule has 0 N–H and O–H groups in total. The van der Waals surface area contributed by atoms with E-state index in [0.717, 1.165) is 54.6 Å². The second kappa shape index (κ2) is 35.5. The minimum absolute atomic E-state index is 0. The number of nitrogens with zero attached hydrogens (tertiary/aromatic N) is 8. The molecule has 0 saturated carbocycles. The summed E-state index contributed by atoms with van der Waals surface area (Å²) in [6.45, 7) is 30.7. The second-order valence-electron chi connectivity index (χ2n) is 14.2. The molecule has 0 unspecified atom stereocenters. The number of fused-ring (bicyclic) bond motifs is 12. The first-order valence-corrected chi connectivity index (χ1v) is 22.5. The van der Waals surface area contributed by atoms with E-state index in [9.17, 15) is 0 Å². The van der Waals surface area contributed by atoms with Gasteiger partial charge in [0.15, 0.2) is 22.7 Å². The fourth-order valence-corrected chi connectivity index (χ4v) is 6.58. The summed E-state index contributed by atoms with van der Waals surface area (Å²) >= 11 is 0. The van der Waals surface area contributed by atoms with E-state index >= 15 is 0 Å². The van der Waals surface area contributed by atoms with E-state index in [1.807, 2.05) is 69.6 Å². The zero-order valence-corrected chi connectivity index (χ0v) is 47.2. The molecule has 8 aromatic rings. The first kappa shape index (κ1) is 61.7. The average molecular weight is 1390 g/mol. The zero-order valence-electron chi connectivity index (χ0n) is 42.4. The fourth-order valence-electron chi connectivity index (χ4n) is 6.58. The molecule has 0 bridgehead atoms. The summed E-state index contributed by atoms with van der Waals surface area (Å²) in [6.07, 6.45) is 13.9. The van der Waals surface area contributed by atoms with Crippen LogP contribution in [-0.2, 0) is 40.2 Å². The van der Waals surface area contributed by atoms with Gasteiger partial charge in [0.2, 0.25) is 0 Å². The Hall–Kier alpha value is -13.8. The third-order valence-corrected chi connectivity index (χ3v) is 9.60. The standard InChI is InChI=1S/C39H3.C17H8N4.C17H7N4.2Ir/c1-3-5-7-9-11-13-15-17-19-21-23-25-27-29-31-33-35-37-39-38-36-34-32-30-28-26-24-22-20-18-16-14-12-10-8-6-4-2;2*1-18-13-9-12-11-5-3-7-20-17(11)15-6-4-8-21(15)16(12)10-14(13)19-2;;/h1H3;3-10H;3-5,7-10H;;/q-1;;-1;;. The maximum Gasteiger partial charge on any atom is 0.196 e. The van der Waals surface area contributed by atoms with Crippen molar-refractivity contribution in [3.05, 3.63) is 150 Å². The Balaban J connectivity index is 0.000000282. The number of pyridine rings is 4. The molecule has 10 heteroatoms. The largest absolute Gasteiger partial charge is 0.392 e. The summed E-state index contributed by atoms with van der Waals surface area (Å²) < 4.78 is 3.99. The number of hydrogen-bond acceptors (Lipinski definition) is 2. The fraction of sp³-hybridized carbons (Fsp3) is 0.0137. The number of rotatable bonds is 0. The third-order valence-electron chi connectivity index (χ3n) is 9.60. The van der Waals surface area contributed by atoms with Gasteiger partial charge in [0, 0.05) is 176 Å². The quantitative estimate of drug-likeness (QED) is 0.0864. The minimum Gasteiger partial charge on any atom is -0.392 e. The summed E-state index contributed by atoms with van der Waals surface area (Å²) in [5, 5.41) is 3.84. The average Bonchev–Trinajstić information content (AvgIpc) is 4.14. The van der Waals surface area contributed by atoms with Gasteiger partial charge in [0.25, 0.3) is 0 Å². The van der Waals surface area contributed by atoms with Crippen molar-refractivity contribution in [2.24, 2.45) is 0 Å². The molecule has 0 amide bonds. The second-order valence-corrected chi connectivity index (χ2v) is 14.2. The molecule has 0 fully saturated rings. The minimum atomic E-state index is 0. The van der Waals surface area contributed by atoms with Crippen molar-refractivity contribution in [3.8, 4) is 219 Å². The topological polar surface area (TPSA) is 52.0 Å². The van der Waals surface area contributed by atoms with E-state index in [2.05, 4.69) is 249 Å². The van der Waals surface area contributed by atoms with Crippen LogP contribution in [0.1, 0.15) is 6.92 Å². The van der Waals surface area contributed by atoms with Gasteiger partial charge in [-0.15, -0.1) is 5.92 Å². The van der Waals surface area contributed by atoms with E-state index in [1.165, 1.54) is 0 Å². The molecular weight excluding hydrogens is 1370 g/mol. The molecular formula is C73H18Ir2N8-2. The van der Waals surface area contributed by atoms with Crippen LogP contribution in [0.5, 0.6) is 0 Å². The van der Waals surface area contributed by atoms with Crippen molar-refractivity contribution in [1.29, 1.82) is 0 Å². The molecule has 8 rings (SSSR count). The van der Waals surface area contributed by atoms with Crippen molar-refractivity contribution in [2.45, 2.75) is 6.92 Å². The van der Waals surface area contributed by atoms with Gasteiger partial charge < -0.3 is 20.2 Å². The van der Waals surface area contributed by atoms with Gasteiger partial charge in [-0.1, -0.05) is 41.9 Å². The maximum absolute atomic E-state index is 7.26. The molecule has 2 aromatic carbocycles. The molecule has 6 aromatic heterocycles. The van der Waals surface area contributed by atoms with E-state index < -0.39 is 0 Å². The Morgan fingerprint density at radius 2 is 0.711 bits per heavy atom. The molecule has 0 saturated heterocycles. The van der Waals surface area contributed by atoms with Crippen LogP contribution in [0.2, 0.25) is 0 Å². The van der Waals surface area contributed by atoms with Crippen molar-refractivity contribution in [2.75, 3.05) is 0 Å². The summed E-state index contributed by atoms with van der Waals surface area (Å²) in [7, 11) is 0. The van der Waals surface area contributed by atoms with Crippen LogP contribution in [0, 0.1) is 258 Å². The summed E-state index contributed by atoms with van der Waals surface area (Å²) in [6, 6.07) is 23.9. The molecule has 370 valence electrons. The Morgan fingerprint density at radius 3 is 1.08 bits per heavy atom. The van der Waals surface area contributed by atoms with E-state index in [4.69, 9.17) is 32.7 Å².